The summed E-state index contributed by atoms with van der Waals surface area (Å²) < 4.78 is 44.6. The van der Waals surface area contributed by atoms with Crippen LogP contribution in [0.1, 0.15) is 175 Å². The molecule has 0 spiro atoms. The zero-order chi connectivity index (χ0) is 96.3. The van der Waals surface area contributed by atoms with E-state index < -0.39 is 41.6 Å². The molecule has 137 heavy (non-hydrogen) atoms. The van der Waals surface area contributed by atoms with E-state index in [4.69, 9.17) is 30.3 Å². The number of Topliss-reactive ketones (excluding diaryl/α,β-unsaturated/α-hetero) is 5. The SMILES string of the molecule is COc1cccc(-c2cccc3c2CC(Cc2ccc(C(=O)O)cc2)C3=O)c1.Cc1cccc(-c2cccc3c2CC(Cc2ccc(C(=O)O)cc2)C3=O)c1.O=C(O)c1ccc(CC2CCc3c(cccc3-c3cccc(C(F)(F)F)c3)C2=O)s1.O=C(O)c1ccc(CC2Cc3c(cccc3-c3ccccc3)C2=O)cc1.O=C(O)c1ccc(CC2Cc3c(cccc3-c3ccccc3)C2=O)cc1. The molecule has 0 bridgehead atoms. The quantitative estimate of drug-likeness (QED) is 0.0447. The van der Waals surface area contributed by atoms with E-state index in [2.05, 4.69) is 67.6 Å². The molecule has 15 aromatic rings. The zero-order valence-electron chi connectivity index (χ0n) is 74.7. The molecule has 5 aliphatic carbocycles. The molecular formula is C117H93F3O16S. The van der Waals surface area contributed by atoms with E-state index in [-0.39, 0.29) is 85.6 Å². The van der Waals surface area contributed by atoms with Crippen molar-refractivity contribution >= 4 is 70.1 Å². The minimum Gasteiger partial charge on any atom is -0.497 e. The van der Waals surface area contributed by atoms with Gasteiger partial charge in [-0.3, -0.25) is 24.0 Å². The van der Waals surface area contributed by atoms with Crippen LogP contribution in [0.5, 0.6) is 5.75 Å². The molecule has 20 rings (SSSR count). The lowest BCUT2D eigenvalue weighted by atomic mass is 9.78. The Hall–Kier alpha value is -15.9. The second-order valence-electron chi connectivity index (χ2n) is 34.8. The molecule has 5 N–H and O–H groups in total. The predicted molar refractivity (Wildman–Crippen MR) is 521 cm³/mol. The molecule has 16 nitrogen and oxygen atoms in total. The summed E-state index contributed by atoms with van der Waals surface area (Å²) in [6.45, 7) is 2.07. The van der Waals surface area contributed by atoms with Crippen molar-refractivity contribution in [3.05, 3.63) is 455 Å². The molecule has 5 aliphatic rings. The smallest absolute Gasteiger partial charge is 0.416 e. The highest BCUT2D eigenvalue weighted by molar-refractivity contribution is 7.13. The molecule has 5 unspecified atom stereocenters. The van der Waals surface area contributed by atoms with Crippen LogP contribution >= 0.6 is 11.3 Å². The Morgan fingerprint density at radius 3 is 0.942 bits per heavy atom. The molecule has 0 saturated carbocycles. The van der Waals surface area contributed by atoms with Crippen LogP contribution in [0.25, 0.3) is 55.6 Å². The number of halogens is 3. The summed E-state index contributed by atoms with van der Waals surface area (Å²) in [5, 5.41) is 45.1. The van der Waals surface area contributed by atoms with Gasteiger partial charge < -0.3 is 30.3 Å². The number of fused-ring (bicyclic) bond motifs is 5. The highest BCUT2D eigenvalue weighted by Crippen LogP contribution is 2.44. The summed E-state index contributed by atoms with van der Waals surface area (Å²) in [6, 6.07) is 101. The molecule has 0 radical (unpaired) electrons. The highest BCUT2D eigenvalue weighted by Gasteiger charge is 2.39. The van der Waals surface area contributed by atoms with Gasteiger partial charge >= 0.3 is 36.0 Å². The number of ether oxygens (including phenoxy) is 1. The van der Waals surface area contributed by atoms with Crippen molar-refractivity contribution in [2.45, 2.75) is 83.7 Å². The summed E-state index contributed by atoms with van der Waals surface area (Å²) in [5.74, 6) is -3.98. The molecule has 0 fully saturated rings. The Labute approximate surface area is 793 Å². The summed E-state index contributed by atoms with van der Waals surface area (Å²) in [6.07, 6.45) is 2.51. The number of alkyl halides is 3. The maximum atomic E-state index is 13.1. The first kappa shape index (κ1) is 94.3. The van der Waals surface area contributed by atoms with Gasteiger partial charge in [0.25, 0.3) is 0 Å². The fraction of sp³-hybridized carbons (Fsp3) is 0.162. The number of aromatic carboxylic acids is 5. The summed E-state index contributed by atoms with van der Waals surface area (Å²) >= 11 is 1.16. The second kappa shape index (κ2) is 41.7. The number of ketones is 5. The lowest BCUT2D eigenvalue weighted by Crippen LogP contribution is -2.24. The van der Waals surface area contributed by atoms with E-state index in [9.17, 15) is 61.1 Å². The van der Waals surface area contributed by atoms with E-state index in [0.717, 1.165) is 170 Å². The first-order valence-electron chi connectivity index (χ1n) is 45.0. The van der Waals surface area contributed by atoms with Crippen LogP contribution in [0.15, 0.2) is 334 Å². The number of rotatable bonds is 21. The van der Waals surface area contributed by atoms with Crippen molar-refractivity contribution in [2.75, 3.05) is 7.11 Å². The van der Waals surface area contributed by atoms with Gasteiger partial charge in [0.05, 0.1) is 34.9 Å². The maximum Gasteiger partial charge on any atom is 0.416 e. The van der Waals surface area contributed by atoms with Crippen LogP contribution < -0.4 is 4.74 Å². The zero-order valence-corrected chi connectivity index (χ0v) is 75.5. The number of carboxylic acid groups (broad SMARTS) is 5. The number of hydrogen-bond donors (Lipinski definition) is 5. The van der Waals surface area contributed by atoms with Gasteiger partial charge in [-0.05, 0) is 268 Å². The van der Waals surface area contributed by atoms with Gasteiger partial charge in [-0.15, -0.1) is 11.3 Å². The Balaban J connectivity index is 0.000000124. The van der Waals surface area contributed by atoms with E-state index in [1.54, 1.807) is 135 Å². The monoisotopic (exact) mass is 1840 g/mol. The second-order valence-corrected chi connectivity index (χ2v) is 36.0. The molecule has 0 aliphatic heterocycles. The van der Waals surface area contributed by atoms with Crippen molar-refractivity contribution in [3.8, 4) is 61.4 Å². The van der Waals surface area contributed by atoms with Crippen molar-refractivity contribution in [3.63, 3.8) is 0 Å². The minimum atomic E-state index is -4.43. The number of hydrogen-bond acceptors (Lipinski definition) is 12. The number of carbonyl (C=O) groups is 10. The van der Waals surface area contributed by atoms with Crippen molar-refractivity contribution in [1.29, 1.82) is 0 Å². The van der Waals surface area contributed by atoms with Crippen LogP contribution in [-0.2, 0) is 70.4 Å². The van der Waals surface area contributed by atoms with E-state index >= 15 is 0 Å². The van der Waals surface area contributed by atoms with Gasteiger partial charge in [-0.1, -0.05) is 254 Å². The third-order valence-electron chi connectivity index (χ3n) is 26.0. The standard InChI is InChI=1S/C24H20O4.C24H20O3.C23H17F3O3S.2C23H18O3/c1-28-19-5-2-4-17(13-19)20-6-3-7-21-22(20)14-18(23(21)25)12-15-8-10-16(11-9-15)24(26)27;1-15-4-2-5-18(12-15)20-6-3-7-21-22(20)14-19(23(21)25)13-16-8-10-17(11-9-16)24(26)27;24-23(25,26)15-4-1-3-13(11-15)17-5-2-6-19-18(17)9-7-14(21(19)27)12-16-8-10-20(30-16)22(28)29;2*24-22-18(13-15-9-11-17(12-10-15)23(25)26)14-21-19(7-4-8-20(21)22)16-5-2-1-3-6-16/h2-11,13,18H,12,14H2,1H3,(H,26,27);2-12,19H,13-14H2,1H3,(H,26,27);1-6,8,10-11,14H,7,9,12H2,(H,28,29);2*1-12,18H,13-14H2,(H,25,26). The summed E-state index contributed by atoms with van der Waals surface area (Å²) in [7, 11) is 1.64. The fourth-order valence-electron chi connectivity index (χ4n) is 19.2. The molecule has 14 aromatic carbocycles. The third-order valence-corrected chi connectivity index (χ3v) is 27.1. The third kappa shape index (κ3) is 21.6. The molecule has 0 saturated heterocycles. The van der Waals surface area contributed by atoms with E-state index in [0.29, 0.717) is 68.1 Å². The number of thiophene rings is 1. The first-order chi connectivity index (χ1) is 66.1. The Kier molecular flexibility index (Phi) is 28.7. The highest BCUT2D eigenvalue weighted by atomic mass is 32.1. The predicted octanol–water partition coefficient (Wildman–Crippen LogP) is 25.0. The average molecular weight is 1840 g/mol. The number of carboxylic acids is 5. The number of methoxy groups -OCH3 is 1. The Bertz CT molecular complexity index is 6980. The lowest BCUT2D eigenvalue weighted by Gasteiger charge is -2.25. The molecule has 20 heteroatoms. The van der Waals surface area contributed by atoms with Crippen LogP contribution in [0.2, 0.25) is 0 Å². The van der Waals surface area contributed by atoms with Gasteiger partial charge in [-0.2, -0.15) is 13.2 Å². The summed E-state index contributed by atoms with van der Waals surface area (Å²) in [4.78, 5) is 121. The number of aryl methyl sites for hydroxylation is 1. The lowest BCUT2D eigenvalue weighted by molar-refractivity contribution is -0.137. The normalized spacial score (nSPS) is 15.7. The fourth-order valence-corrected chi connectivity index (χ4v) is 20.1. The van der Waals surface area contributed by atoms with Gasteiger partial charge in [0.1, 0.15) is 10.6 Å². The van der Waals surface area contributed by atoms with Gasteiger partial charge in [0.2, 0.25) is 0 Å². The number of benzene rings is 14. The topological polar surface area (TPSA) is 281 Å². The van der Waals surface area contributed by atoms with Crippen LogP contribution in [0.4, 0.5) is 13.2 Å². The maximum absolute atomic E-state index is 13.1. The van der Waals surface area contributed by atoms with E-state index in [1.165, 1.54) is 17.7 Å². The van der Waals surface area contributed by atoms with Crippen molar-refractivity contribution < 1.29 is 91.4 Å². The van der Waals surface area contributed by atoms with Crippen molar-refractivity contribution in [2.24, 2.45) is 29.6 Å². The Morgan fingerprint density at radius 2 is 0.606 bits per heavy atom. The molecule has 0 amide bonds. The molecular weight excluding hydrogens is 1750 g/mol. The Morgan fingerprint density at radius 1 is 0.307 bits per heavy atom. The first-order valence-corrected chi connectivity index (χ1v) is 45.8. The summed E-state index contributed by atoms with van der Waals surface area (Å²) in [5.41, 5.74) is 24.4. The van der Waals surface area contributed by atoms with Crippen molar-refractivity contribution in [1.82, 2.24) is 0 Å². The molecule has 5 atom stereocenters. The van der Waals surface area contributed by atoms with Gasteiger partial charge in [-0.25, -0.2) is 24.0 Å². The minimum absolute atomic E-state index is 0.0460. The number of carbonyl (C=O) groups excluding carboxylic acids is 5. The van der Waals surface area contributed by atoms with Gasteiger partial charge in [0.15, 0.2) is 28.9 Å². The van der Waals surface area contributed by atoms with E-state index in [1.807, 2.05) is 121 Å². The average Bonchev–Trinajstić information content (AvgIpc) is 1.01. The molecule has 1 aromatic heterocycles. The van der Waals surface area contributed by atoms with Crippen LogP contribution in [-0.4, -0.2) is 91.4 Å². The molecule has 1 heterocycles. The van der Waals surface area contributed by atoms with Crippen LogP contribution in [0, 0.1) is 36.5 Å². The largest absolute Gasteiger partial charge is 0.497 e. The van der Waals surface area contributed by atoms with Gasteiger partial charge in [0, 0.05) is 62.3 Å². The molecule has 684 valence electrons. The van der Waals surface area contributed by atoms with Crippen LogP contribution in [0.3, 0.4) is 0 Å².